The number of carbonyl (C=O) groups excluding carboxylic acids is 2. The van der Waals surface area contributed by atoms with Crippen molar-refractivity contribution in [2.75, 3.05) is 11.4 Å². The Morgan fingerprint density at radius 2 is 2.20 bits per heavy atom. The highest BCUT2D eigenvalue weighted by Gasteiger charge is 2.24. The van der Waals surface area contributed by atoms with Gasteiger partial charge in [-0.05, 0) is 34.7 Å². The third-order valence-electron chi connectivity index (χ3n) is 2.03. The number of halogens is 1. The van der Waals surface area contributed by atoms with Gasteiger partial charge in [-0.3, -0.25) is 15.0 Å². The Kier molecular flexibility index (Phi) is 2.85. The van der Waals surface area contributed by atoms with Gasteiger partial charge >= 0.3 is 6.03 Å². The number of rotatable bonds is 1. The quantitative estimate of drug-likeness (QED) is 0.624. The highest BCUT2D eigenvalue weighted by Crippen LogP contribution is 2.15. The van der Waals surface area contributed by atoms with Crippen molar-refractivity contribution in [2.24, 2.45) is 0 Å². The lowest BCUT2D eigenvalue weighted by Crippen LogP contribution is -2.49. The Bertz CT molecular complexity index is 422. The highest BCUT2D eigenvalue weighted by molar-refractivity contribution is 14.1. The monoisotopic (exact) mass is 317 g/mol. The summed E-state index contributed by atoms with van der Waals surface area (Å²) in [5, 5.41) is 2.25. The minimum Gasteiger partial charge on any atom is -0.278 e. The van der Waals surface area contributed by atoms with Gasteiger partial charge in [-0.25, -0.2) is 9.78 Å². The lowest BCUT2D eigenvalue weighted by atomic mass is 10.3. The molecule has 1 aliphatic rings. The second-order valence-electron chi connectivity index (χ2n) is 3.07. The molecule has 15 heavy (non-hydrogen) atoms. The van der Waals surface area contributed by atoms with E-state index in [2.05, 4.69) is 32.9 Å². The van der Waals surface area contributed by atoms with E-state index in [1.165, 1.54) is 4.90 Å². The average Bonchev–Trinajstić information content (AvgIpc) is 2.17. The van der Waals surface area contributed by atoms with E-state index in [0.29, 0.717) is 18.8 Å². The largest absolute Gasteiger partial charge is 0.329 e. The van der Waals surface area contributed by atoms with Crippen LogP contribution in [0.4, 0.5) is 10.6 Å². The minimum atomic E-state index is -0.402. The summed E-state index contributed by atoms with van der Waals surface area (Å²) in [6, 6.07) is 5.02. The number of nitrogens with zero attached hydrogens (tertiary/aromatic N) is 2. The standard InChI is InChI=1S/C9H8IN3O2/c10-6-2-1-3-7(11-6)13-5-4-8(14)12-9(13)15/h1-3H,4-5H2,(H,12,14,15). The van der Waals surface area contributed by atoms with Crippen LogP contribution in [0.25, 0.3) is 0 Å². The fourth-order valence-electron chi connectivity index (χ4n) is 1.33. The van der Waals surface area contributed by atoms with Crippen molar-refractivity contribution in [3.63, 3.8) is 0 Å². The molecule has 0 saturated carbocycles. The second-order valence-corrected chi connectivity index (χ2v) is 4.18. The van der Waals surface area contributed by atoms with Gasteiger partial charge in [0, 0.05) is 13.0 Å². The van der Waals surface area contributed by atoms with Crippen LogP contribution in [0.15, 0.2) is 18.2 Å². The topological polar surface area (TPSA) is 62.3 Å². The maximum absolute atomic E-state index is 11.5. The summed E-state index contributed by atoms with van der Waals surface area (Å²) in [5.74, 6) is 0.341. The molecular formula is C9H8IN3O2. The number of nitrogens with one attached hydrogen (secondary N) is 1. The summed E-state index contributed by atoms with van der Waals surface area (Å²) < 4.78 is 0.815. The van der Waals surface area contributed by atoms with E-state index in [1.807, 2.05) is 12.1 Å². The zero-order valence-electron chi connectivity index (χ0n) is 7.74. The smallest absolute Gasteiger partial charge is 0.278 e. The predicted molar refractivity (Wildman–Crippen MR) is 62.5 cm³/mol. The van der Waals surface area contributed by atoms with Crippen LogP contribution in [0.3, 0.4) is 0 Å². The van der Waals surface area contributed by atoms with Crippen LogP contribution in [0.5, 0.6) is 0 Å². The number of anilines is 1. The molecule has 1 aromatic rings. The first-order valence-corrected chi connectivity index (χ1v) is 5.48. The van der Waals surface area contributed by atoms with Crippen molar-refractivity contribution in [3.8, 4) is 0 Å². The van der Waals surface area contributed by atoms with E-state index >= 15 is 0 Å². The molecule has 1 aromatic heterocycles. The first-order chi connectivity index (χ1) is 7.16. The van der Waals surface area contributed by atoms with E-state index in [-0.39, 0.29) is 5.91 Å². The Labute approximate surface area is 100.0 Å². The Morgan fingerprint density at radius 3 is 2.87 bits per heavy atom. The number of aromatic nitrogens is 1. The Morgan fingerprint density at radius 1 is 1.40 bits per heavy atom. The van der Waals surface area contributed by atoms with Crippen LogP contribution < -0.4 is 10.2 Å². The van der Waals surface area contributed by atoms with Gasteiger partial charge in [-0.2, -0.15) is 0 Å². The van der Waals surface area contributed by atoms with Crippen molar-refractivity contribution >= 4 is 40.3 Å². The molecule has 0 radical (unpaired) electrons. The molecule has 0 atom stereocenters. The molecule has 5 nitrogen and oxygen atoms in total. The van der Waals surface area contributed by atoms with Crippen LogP contribution in [-0.4, -0.2) is 23.5 Å². The number of urea groups is 1. The van der Waals surface area contributed by atoms with Crippen LogP contribution in [0.1, 0.15) is 6.42 Å². The molecule has 2 rings (SSSR count). The first-order valence-electron chi connectivity index (χ1n) is 4.41. The van der Waals surface area contributed by atoms with Crippen molar-refractivity contribution in [1.82, 2.24) is 10.3 Å². The molecule has 3 amide bonds. The molecule has 78 valence electrons. The molecule has 0 bridgehead atoms. The van der Waals surface area contributed by atoms with Gasteiger partial charge < -0.3 is 0 Å². The maximum atomic E-state index is 11.5. The van der Waals surface area contributed by atoms with E-state index in [0.717, 1.165) is 3.70 Å². The number of hydrogen-bond donors (Lipinski definition) is 1. The van der Waals surface area contributed by atoms with Crippen LogP contribution >= 0.6 is 22.6 Å². The lowest BCUT2D eigenvalue weighted by Gasteiger charge is -2.25. The first kappa shape index (κ1) is 10.3. The van der Waals surface area contributed by atoms with Gasteiger partial charge in [0.25, 0.3) is 0 Å². The summed E-state index contributed by atoms with van der Waals surface area (Å²) in [6.07, 6.45) is 0.318. The second kappa shape index (κ2) is 4.13. The molecule has 1 N–H and O–H groups in total. The molecule has 1 fully saturated rings. The summed E-state index contributed by atoms with van der Waals surface area (Å²) in [6.45, 7) is 0.387. The molecule has 6 heteroatoms. The predicted octanol–water partition coefficient (Wildman–Crippen LogP) is 1.13. The summed E-state index contributed by atoms with van der Waals surface area (Å²) in [5.41, 5.74) is 0. The highest BCUT2D eigenvalue weighted by atomic mass is 127. The minimum absolute atomic E-state index is 0.234. The van der Waals surface area contributed by atoms with E-state index in [4.69, 9.17) is 0 Å². The molecule has 1 aliphatic heterocycles. The van der Waals surface area contributed by atoms with Gasteiger partial charge in [0.05, 0.1) is 0 Å². The number of carbonyl (C=O) groups is 2. The fraction of sp³-hybridized carbons (Fsp3) is 0.222. The third kappa shape index (κ3) is 2.25. The molecule has 2 heterocycles. The van der Waals surface area contributed by atoms with Gasteiger partial charge in [-0.1, -0.05) is 6.07 Å². The van der Waals surface area contributed by atoms with E-state index < -0.39 is 6.03 Å². The van der Waals surface area contributed by atoms with Gasteiger partial charge in [0.1, 0.15) is 9.52 Å². The molecular weight excluding hydrogens is 309 g/mol. The Balaban J connectivity index is 2.24. The molecule has 0 unspecified atom stereocenters. The summed E-state index contributed by atoms with van der Waals surface area (Å²) in [4.78, 5) is 28.1. The van der Waals surface area contributed by atoms with Crippen LogP contribution in [-0.2, 0) is 4.79 Å². The van der Waals surface area contributed by atoms with Crippen molar-refractivity contribution < 1.29 is 9.59 Å². The Hall–Kier alpha value is -1.18. The van der Waals surface area contributed by atoms with Gasteiger partial charge in [0.15, 0.2) is 0 Å². The van der Waals surface area contributed by atoms with E-state index in [1.54, 1.807) is 6.07 Å². The zero-order valence-corrected chi connectivity index (χ0v) is 9.89. The van der Waals surface area contributed by atoms with Crippen molar-refractivity contribution in [1.29, 1.82) is 0 Å². The number of amides is 3. The number of pyridine rings is 1. The zero-order chi connectivity index (χ0) is 10.8. The maximum Gasteiger partial charge on any atom is 0.329 e. The molecule has 0 aromatic carbocycles. The van der Waals surface area contributed by atoms with Crippen molar-refractivity contribution in [2.45, 2.75) is 6.42 Å². The number of hydrogen-bond acceptors (Lipinski definition) is 3. The van der Waals surface area contributed by atoms with Crippen LogP contribution in [0, 0.1) is 3.70 Å². The third-order valence-corrected chi connectivity index (χ3v) is 2.63. The summed E-state index contributed by atoms with van der Waals surface area (Å²) >= 11 is 2.08. The molecule has 0 spiro atoms. The van der Waals surface area contributed by atoms with Crippen LogP contribution in [0.2, 0.25) is 0 Å². The molecule has 1 saturated heterocycles. The fourth-order valence-corrected chi connectivity index (χ4v) is 1.79. The van der Waals surface area contributed by atoms with E-state index in [9.17, 15) is 9.59 Å². The lowest BCUT2D eigenvalue weighted by molar-refractivity contribution is -0.120. The SMILES string of the molecule is O=C1CCN(c2cccc(I)n2)C(=O)N1. The van der Waals surface area contributed by atoms with Crippen molar-refractivity contribution in [3.05, 3.63) is 21.9 Å². The average molecular weight is 317 g/mol. The van der Waals surface area contributed by atoms with Gasteiger partial charge in [-0.15, -0.1) is 0 Å². The normalized spacial score (nSPS) is 16.5. The van der Waals surface area contributed by atoms with Gasteiger partial charge in [0.2, 0.25) is 5.91 Å². The number of imide groups is 1. The molecule has 0 aliphatic carbocycles. The summed E-state index contributed by atoms with van der Waals surface area (Å²) in [7, 11) is 0.